The smallest absolute Gasteiger partial charge is 0.131 e. The maximum atomic E-state index is 4.91. The topological polar surface area (TPSA) is 39.7 Å². The normalized spacial score (nSPS) is 16.4. The Labute approximate surface area is 312 Å². The minimum atomic E-state index is -0.0797. The van der Waals surface area contributed by atoms with Gasteiger partial charge in [-0.15, -0.1) is 0 Å². The molecule has 266 valence electrons. The maximum absolute atomic E-state index is 4.91. The standard InChI is InChI=1S/C22H21N3.C22H21N.2C2H6/c1-16-12-14-19(15-13-16)22-24-20(17-8-4-2-5-9-17)23-21(25-22)18-10-6-3-7-11-18;1-16-10-4-7-13-19(16)23-20-14-8-5-11-17(20)22(2,3)18-12-6-9-15-21(18)23;2*1-2/h2-15,20,22,24H,1H3,(H,23,25);4-15H,1-3H3;2*1-2H3. The minimum Gasteiger partial charge on any atom is -0.350 e. The van der Waals surface area contributed by atoms with Crippen LogP contribution in [0.2, 0.25) is 0 Å². The Morgan fingerprint density at radius 3 is 1.56 bits per heavy atom. The lowest BCUT2D eigenvalue weighted by Gasteiger charge is -2.42. The lowest BCUT2D eigenvalue weighted by atomic mass is 9.73. The number of nitrogens with one attached hydrogen (secondary N) is 2. The van der Waals surface area contributed by atoms with Crippen LogP contribution in [0.4, 0.5) is 17.1 Å². The van der Waals surface area contributed by atoms with Crippen LogP contribution in [-0.4, -0.2) is 5.84 Å². The Bertz CT molecular complexity index is 1980. The van der Waals surface area contributed by atoms with Gasteiger partial charge in [0.15, 0.2) is 0 Å². The fraction of sp³-hybridized carbons (Fsp3) is 0.229. The van der Waals surface area contributed by atoms with Gasteiger partial charge in [0, 0.05) is 16.7 Å². The van der Waals surface area contributed by atoms with E-state index in [-0.39, 0.29) is 17.7 Å². The highest BCUT2D eigenvalue weighted by Gasteiger charge is 2.36. The molecule has 0 saturated carbocycles. The molecule has 0 spiro atoms. The van der Waals surface area contributed by atoms with Gasteiger partial charge in [-0.25, -0.2) is 4.99 Å². The van der Waals surface area contributed by atoms with Crippen molar-refractivity contribution >= 4 is 22.9 Å². The van der Waals surface area contributed by atoms with Gasteiger partial charge in [0.25, 0.3) is 0 Å². The number of nitrogens with zero attached hydrogens (tertiary/aromatic N) is 2. The van der Waals surface area contributed by atoms with E-state index >= 15 is 0 Å². The summed E-state index contributed by atoms with van der Waals surface area (Å²) in [5, 5.41) is 7.15. The van der Waals surface area contributed by atoms with Gasteiger partial charge in [0.2, 0.25) is 0 Å². The molecule has 6 aromatic carbocycles. The zero-order chi connectivity index (χ0) is 37.1. The first-order valence-corrected chi connectivity index (χ1v) is 18.7. The highest BCUT2D eigenvalue weighted by molar-refractivity contribution is 5.99. The number of hydrogen-bond acceptors (Lipinski definition) is 4. The predicted octanol–water partition coefficient (Wildman–Crippen LogP) is 12.5. The zero-order valence-corrected chi connectivity index (χ0v) is 32.1. The molecular formula is C48H54N4. The Morgan fingerprint density at radius 1 is 0.519 bits per heavy atom. The van der Waals surface area contributed by atoms with Gasteiger partial charge < -0.3 is 10.2 Å². The van der Waals surface area contributed by atoms with Gasteiger partial charge >= 0.3 is 0 Å². The molecule has 0 fully saturated rings. The first kappa shape index (κ1) is 37.8. The second-order valence-corrected chi connectivity index (χ2v) is 13.1. The van der Waals surface area contributed by atoms with Crippen molar-refractivity contribution in [2.75, 3.05) is 4.90 Å². The van der Waals surface area contributed by atoms with Crippen LogP contribution < -0.4 is 15.5 Å². The summed E-state index contributed by atoms with van der Waals surface area (Å²) in [6.07, 6.45) is -0.0672. The second-order valence-electron chi connectivity index (χ2n) is 13.1. The molecular weight excluding hydrogens is 633 g/mol. The molecule has 2 N–H and O–H groups in total. The third kappa shape index (κ3) is 8.19. The van der Waals surface area contributed by atoms with Crippen molar-refractivity contribution in [3.63, 3.8) is 0 Å². The molecule has 4 heteroatoms. The fourth-order valence-electron chi connectivity index (χ4n) is 6.78. The summed E-state index contributed by atoms with van der Waals surface area (Å²) in [7, 11) is 0. The highest BCUT2D eigenvalue weighted by Crippen LogP contribution is 2.51. The molecule has 4 nitrogen and oxygen atoms in total. The highest BCUT2D eigenvalue weighted by atomic mass is 15.3. The van der Waals surface area contributed by atoms with Crippen LogP contribution in [0.5, 0.6) is 0 Å². The number of amidine groups is 1. The van der Waals surface area contributed by atoms with Crippen LogP contribution in [0.25, 0.3) is 0 Å². The molecule has 2 atom stereocenters. The lowest BCUT2D eigenvalue weighted by molar-refractivity contribution is 0.409. The van der Waals surface area contributed by atoms with E-state index in [1.54, 1.807) is 0 Å². The molecule has 52 heavy (non-hydrogen) atoms. The molecule has 2 unspecified atom stereocenters. The second kappa shape index (κ2) is 17.7. The number of hydrogen-bond donors (Lipinski definition) is 2. The van der Waals surface area contributed by atoms with E-state index in [0.29, 0.717) is 0 Å². The summed E-state index contributed by atoms with van der Waals surface area (Å²) >= 11 is 0. The van der Waals surface area contributed by atoms with Crippen molar-refractivity contribution in [3.05, 3.63) is 197 Å². The van der Waals surface area contributed by atoms with E-state index in [1.165, 1.54) is 44.9 Å². The number of fused-ring (bicyclic) bond motifs is 2. The van der Waals surface area contributed by atoms with Crippen molar-refractivity contribution in [1.29, 1.82) is 0 Å². The molecule has 2 aliphatic rings. The maximum Gasteiger partial charge on any atom is 0.131 e. The van der Waals surface area contributed by atoms with Crippen LogP contribution in [-0.2, 0) is 5.41 Å². The van der Waals surface area contributed by atoms with Gasteiger partial charge in [0.05, 0.1) is 11.4 Å². The van der Waals surface area contributed by atoms with Crippen molar-refractivity contribution in [3.8, 4) is 0 Å². The molecule has 0 bridgehead atoms. The monoisotopic (exact) mass is 686 g/mol. The zero-order valence-electron chi connectivity index (χ0n) is 32.1. The first-order valence-electron chi connectivity index (χ1n) is 18.7. The van der Waals surface area contributed by atoms with Crippen LogP contribution in [0.1, 0.15) is 92.8 Å². The molecule has 0 aromatic heterocycles. The van der Waals surface area contributed by atoms with Crippen molar-refractivity contribution in [2.45, 2.75) is 73.1 Å². The molecule has 2 aliphatic heterocycles. The average Bonchev–Trinajstić information content (AvgIpc) is 3.21. The van der Waals surface area contributed by atoms with Crippen LogP contribution >= 0.6 is 0 Å². The van der Waals surface area contributed by atoms with E-state index in [4.69, 9.17) is 4.99 Å². The lowest BCUT2D eigenvalue weighted by Crippen LogP contribution is -2.44. The number of rotatable bonds is 4. The van der Waals surface area contributed by atoms with Crippen LogP contribution in [0, 0.1) is 13.8 Å². The predicted molar refractivity (Wildman–Crippen MR) is 223 cm³/mol. The molecule has 2 heterocycles. The summed E-state index contributed by atoms with van der Waals surface area (Å²) in [4.78, 5) is 7.32. The van der Waals surface area contributed by atoms with E-state index in [0.717, 1.165) is 17.0 Å². The van der Waals surface area contributed by atoms with Gasteiger partial charge in [-0.05, 0) is 59.9 Å². The molecule has 0 radical (unpaired) electrons. The van der Waals surface area contributed by atoms with Crippen molar-refractivity contribution in [2.24, 2.45) is 4.99 Å². The summed E-state index contributed by atoms with van der Waals surface area (Å²) in [5.74, 6) is 0.916. The third-order valence-corrected chi connectivity index (χ3v) is 9.43. The molecule has 0 amide bonds. The summed E-state index contributed by atoms with van der Waals surface area (Å²) in [5.41, 5.74) is 12.6. The van der Waals surface area contributed by atoms with Crippen molar-refractivity contribution in [1.82, 2.24) is 10.6 Å². The first-order chi connectivity index (χ1) is 25.4. The van der Waals surface area contributed by atoms with Crippen LogP contribution in [0.15, 0.2) is 163 Å². The Kier molecular flexibility index (Phi) is 12.8. The fourth-order valence-corrected chi connectivity index (χ4v) is 6.78. The van der Waals surface area contributed by atoms with E-state index in [1.807, 2.05) is 52.0 Å². The van der Waals surface area contributed by atoms with Gasteiger partial charge in [-0.3, -0.25) is 5.32 Å². The molecule has 6 aromatic rings. The average molecular weight is 687 g/mol. The molecule has 8 rings (SSSR count). The van der Waals surface area contributed by atoms with E-state index in [2.05, 4.69) is 177 Å². The van der Waals surface area contributed by atoms with Gasteiger partial charge in [0.1, 0.15) is 18.2 Å². The SMILES string of the molecule is CC.CC.Cc1ccc(C2NC(c3ccccc3)=NC(c3ccccc3)N2)cc1.Cc1ccccc1N1c2ccccc2C(C)(C)c2ccccc21. The van der Waals surface area contributed by atoms with Crippen LogP contribution in [0.3, 0.4) is 0 Å². The number of anilines is 3. The number of aliphatic imine (C=N–C) groups is 1. The summed E-state index contributed by atoms with van der Waals surface area (Å²) < 4.78 is 0. The molecule has 0 aliphatic carbocycles. The van der Waals surface area contributed by atoms with Gasteiger partial charge in [-0.1, -0.05) is 187 Å². The van der Waals surface area contributed by atoms with E-state index < -0.39 is 0 Å². The summed E-state index contributed by atoms with van der Waals surface area (Å²) in [6, 6.07) is 55.4. The largest absolute Gasteiger partial charge is 0.350 e. The quantitative estimate of drug-likeness (QED) is 0.194. The molecule has 0 saturated heterocycles. The number of para-hydroxylation sites is 3. The minimum absolute atomic E-state index is 0.00632. The Balaban J connectivity index is 0.000000184. The Hall–Kier alpha value is -5.45. The van der Waals surface area contributed by atoms with Crippen molar-refractivity contribution < 1.29 is 0 Å². The number of aryl methyl sites for hydroxylation is 2. The van der Waals surface area contributed by atoms with E-state index in [9.17, 15) is 0 Å². The third-order valence-electron chi connectivity index (χ3n) is 9.43. The summed E-state index contributed by atoms with van der Waals surface area (Å²) in [6.45, 7) is 16.9. The Morgan fingerprint density at radius 2 is 1.00 bits per heavy atom. The van der Waals surface area contributed by atoms with Gasteiger partial charge in [-0.2, -0.15) is 0 Å². The number of benzene rings is 6.